The molecule has 130 heavy (non-hydrogen) atoms. The van der Waals surface area contributed by atoms with E-state index in [1.54, 1.807) is 34.1 Å². The molecule has 4 aliphatic rings. The van der Waals surface area contributed by atoms with Crippen LogP contribution in [0.1, 0.15) is 510 Å². The molecule has 14 rings (SSSR count). The SMILES string of the molecule is CCCCCCCCCCCC(CCCCCCCCCCC)N1C(=O)c2ccc3c4ccc5c6c(ccc(c7ccc(c2c37)C1=O)c64)C(=O)N(C(CCCCCCCCCCC)CCCCCCCCCCC)C5=O.CCCCCCCCCCCC(N)CCCCCCCCCCC.O=C1NC(=O)c2ccc3c4ccc5c6c(ccc(c7ccc1c2c73)c64)C(=O)NC5=O. The van der Waals surface area contributed by atoms with Crippen LogP contribution in [0.4, 0.5) is 0 Å². The maximum Gasteiger partial charge on any atom is 0.261 e. The lowest BCUT2D eigenvalue weighted by Crippen LogP contribution is -2.47. The van der Waals surface area contributed by atoms with Crippen molar-refractivity contribution >= 4 is 133 Å². The Kier molecular flexibility index (Phi) is 40.7. The van der Waals surface area contributed by atoms with Crippen molar-refractivity contribution in [2.75, 3.05) is 0 Å². The number of nitrogens with zero attached hydrogens (tertiary/aromatic N) is 2. The van der Waals surface area contributed by atoms with Crippen LogP contribution in [0.5, 0.6) is 0 Å². The predicted molar refractivity (Wildman–Crippen MR) is 547 cm³/mol. The number of nitrogens with two attached hydrogens (primary N) is 1. The zero-order valence-electron chi connectivity index (χ0n) is 81.1. The van der Waals surface area contributed by atoms with Crippen molar-refractivity contribution in [3.8, 4) is 0 Å². The van der Waals surface area contributed by atoms with Crippen molar-refractivity contribution in [1.29, 1.82) is 0 Å². The van der Waals surface area contributed by atoms with Gasteiger partial charge < -0.3 is 5.73 Å². The quantitative estimate of drug-likeness (QED) is 0.0144. The summed E-state index contributed by atoms with van der Waals surface area (Å²) in [5.74, 6) is -2.28. The van der Waals surface area contributed by atoms with Gasteiger partial charge in [0.05, 0.1) is 0 Å². The van der Waals surface area contributed by atoms with Gasteiger partial charge in [-0.15, -0.1) is 0 Å². The largest absolute Gasteiger partial charge is 0.328 e. The first-order valence-corrected chi connectivity index (χ1v) is 53.4. The van der Waals surface area contributed by atoms with E-state index >= 15 is 0 Å². The van der Waals surface area contributed by atoms with Crippen LogP contribution in [0.25, 0.3) is 86.2 Å². The van der Waals surface area contributed by atoms with Crippen molar-refractivity contribution in [3.05, 3.63) is 142 Å². The lowest BCUT2D eigenvalue weighted by molar-refractivity contribution is 0.0501. The maximum atomic E-state index is 15.0. The number of benzene rings is 10. The van der Waals surface area contributed by atoms with Gasteiger partial charge in [0.25, 0.3) is 47.3 Å². The van der Waals surface area contributed by atoms with Crippen LogP contribution in [-0.4, -0.2) is 75.2 Å². The fraction of sp³-hybridized carbons (Fsp3) is 0.590. The molecule has 0 fully saturated rings. The molecule has 0 saturated heterocycles. The van der Waals surface area contributed by atoms with Crippen molar-refractivity contribution in [2.24, 2.45) is 5.73 Å². The summed E-state index contributed by atoms with van der Waals surface area (Å²) in [4.78, 5) is 113. The summed E-state index contributed by atoms with van der Waals surface area (Å²) in [6.07, 6.45) is 76.2. The van der Waals surface area contributed by atoms with E-state index in [0.29, 0.717) is 61.3 Å². The number of unbranched alkanes of at least 4 members (excludes halogenated alkanes) is 48. The first kappa shape index (κ1) is 100. The first-order chi connectivity index (χ1) is 63.7. The van der Waals surface area contributed by atoms with E-state index in [4.69, 9.17) is 5.73 Å². The molecule has 0 saturated carbocycles. The van der Waals surface area contributed by atoms with E-state index in [1.807, 2.05) is 48.5 Å². The summed E-state index contributed by atoms with van der Waals surface area (Å²) >= 11 is 0. The zero-order chi connectivity index (χ0) is 91.5. The molecule has 13 heteroatoms. The Labute approximate surface area is 779 Å². The highest BCUT2D eigenvalue weighted by Crippen LogP contribution is 2.49. The van der Waals surface area contributed by atoms with Crippen LogP contribution in [0.3, 0.4) is 0 Å². The van der Waals surface area contributed by atoms with Gasteiger partial charge in [-0.25, -0.2) is 0 Å². The fourth-order valence-corrected chi connectivity index (χ4v) is 22.2. The number of hydrogen-bond donors (Lipinski definition) is 3. The van der Waals surface area contributed by atoms with Gasteiger partial charge >= 0.3 is 0 Å². The lowest BCUT2D eigenvalue weighted by atomic mass is 9.81. The van der Waals surface area contributed by atoms with Crippen molar-refractivity contribution in [1.82, 2.24) is 20.4 Å². The van der Waals surface area contributed by atoms with Crippen molar-refractivity contribution < 1.29 is 38.4 Å². The number of imide groups is 4. The number of hydrogen-bond acceptors (Lipinski definition) is 9. The minimum atomic E-state index is -0.408. The zero-order valence-corrected chi connectivity index (χ0v) is 81.1. The molecule has 13 nitrogen and oxygen atoms in total. The summed E-state index contributed by atoms with van der Waals surface area (Å²) in [5.41, 5.74) is 10.6. The van der Waals surface area contributed by atoms with E-state index in [2.05, 4.69) is 76.4 Å². The van der Waals surface area contributed by atoms with E-state index in [0.717, 1.165) is 152 Å². The molecule has 0 unspecified atom stereocenters. The van der Waals surface area contributed by atoms with Gasteiger partial charge in [-0.05, 0) is 152 Å². The Morgan fingerprint density at radius 2 is 0.338 bits per heavy atom. The Hall–Kier alpha value is -8.68. The van der Waals surface area contributed by atoms with E-state index < -0.39 is 23.6 Å². The van der Waals surface area contributed by atoms with Crippen LogP contribution in [0.2, 0.25) is 0 Å². The average molecular weight is 1770 g/mol. The second-order valence-electron chi connectivity index (χ2n) is 39.6. The highest BCUT2D eigenvalue weighted by atomic mass is 16.2. The fourth-order valence-electron chi connectivity index (χ4n) is 22.2. The molecular weight excluding hydrogens is 1600 g/mol. The van der Waals surface area contributed by atoms with Gasteiger partial charge in [-0.3, -0.25) is 58.8 Å². The third kappa shape index (κ3) is 25.2. The normalized spacial score (nSPS) is 13.8. The minimum absolute atomic E-state index is 0.120. The summed E-state index contributed by atoms with van der Waals surface area (Å²) in [6.45, 7) is 13.7. The maximum absolute atomic E-state index is 15.0. The summed E-state index contributed by atoms with van der Waals surface area (Å²) in [5, 5.41) is 18.4. The molecule has 0 aromatic heterocycles. The molecule has 0 spiro atoms. The molecule has 8 amide bonds. The number of carbonyl (C=O) groups is 8. The van der Waals surface area contributed by atoms with E-state index in [-0.39, 0.29) is 35.7 Å². The molecule has 4 heterocycles. The highest BCUT2D eigenvalue weighted by Gasteiger charge is 2.42. The second-order valence-corrected chi connectivity index (χ2v) is 39.6. The third-order valence-electron chi connectivity index (χ3n) is 29.7. The van der Waals surface area contributed by atoms with Gasteiger partial charge in [0.1, 0.15) is 0 Å². The van der Waals surface area contributed by atoms with Crippen molar-refractivity contribution in [3.63, 3.8) is 0 Å². The summed E-state index contributed by atoms with van der Waals surface area (Å²) in [6, 6.07) is 30.8. The van der Waals surface area contributed by atoms with Gasteiger partial charge in [0.15, 0.2) is 0 Å². The Bertz CT molecular complexity index is 4760. The minimum Gasteiger partial charge on any atom is -0.328 e. The smallest absolute Gasteiger partial charge is 0.261 e. The van der Waals surface area contributed by atoms with Crippen LogP contribution in [0, 0.1) is 0 Å². The third-order valence-corrected chi connectivity index (χ3v) is 29.7. The predicted octanol–water partition coefficient (Wildman–Crippen LogP) is 33.0. The molecule has 702 valence electrons. The van der Waals surface area contributed by atoms with Gasteiger partial charge in [-0.1, -0.05) is 437 Å². The van der Waals surface area contributed by atoms with Crippen LogP contribution < -0.4 is 16.4 Å². The molecule has 0 aliphatic carbocycles. The van der Waals surface area contributed by atoms with Gasteiger partial charge in [0, 0.05) is 84.2 Å². The van der Waals surface area contributed by atoms with Crippen molar-refractivity contribution in [2.45, 2.75) is 445 Å². The molecule has 0 radical (unpaired) electrons. The lowest BCUT2D eigenvalue weighted by Gasteiger charge is -2.35. The van der Waals surface area contributed by atoms with E-state index in [1.165, 1.54) is 308 Å². The standard InChI is InChI=1S/C70H102N2O4.C24H10N2O4.C23H49N/c1-5-9-13-17-21-25-29-33-37-41-53(42-38-34-30-26-22-18-14-10-6-2)71-67(73)59-49-45-55-57-47-51-61-66-62(52-48-58(64(57)66)56-46-50-60(68(71)74)65(59)63(55)56)70(76)72(69(61)75)54(43-39-35-31-27-23-19-15-11-7-3)44-40-36-32-28-24-20-16-12-8-4;27-21-13-5-1-9-10-2-6-15-20-16(24(30)26-23(15)29)8-4-12(18(10)20)11-3-7-14(22(28)25-21)19(13)17(9)11;1-3-5-7-9-11-13-15-17-19-21-23(24)22-20-18-16-14-12-10-8-6-4-2/h45-54H,5-44H2,1-4H3;1-8H,(H,25,27,28)(H,26,29,30);23H,3-22,24H2,1-2H3. The van der Waals surface area contributed by atoms with Crippen LogP contribution in [-0.2, 0) is 0 Å². The first-order valence-electron chi connectivity index (χ1n) is 53.4. The number of carbonyl (C=O) groups excluding carboxylic acids is 8. The Morgan fingerprint density at radius 1 is 0.192 bits per heavy atom. The molecule has 4 aliphatic heterocycles. The number of amides is 8. The Morgan fingerprint density at radius 3 is 0.515 bits per heavy atom. The topological polar surface area (TPSA) is 193 Å². The molecular formula is C117H161N5O8. The molecule has 10 aromatic rings. The molecule has 10 aromatic carbocycles. The summed E-state index contributed by atoms with van der Waals surface area (Å²) < 4.78 is 0. The number of rotatable bonds is 62. The molecule has 4 N–H and O–H groups in total. The summed E-state index contributed by atoms with van der Waals surface area (Å²) in [7, 11) is 0. The highest BCUT2D eigenvalue weighted by molar-refractivity contribution is 6.43. The number of nitrogens with one attached hydrogen (secondary N) is 2. The average Bonchev–Trinajstić information content (AvgIpc) is 0.693. The monoisotopic (exact) mass is 1760 g/mol. The van der Waals surface area contributed by atoms with Gasteiger partial charge in [0.2, 0.25) is 0 Å². The van der Waals surface area contributed by atoms with Gasteiger partial charge in [-0.2, -0.15) is 0 Å². The van der Waals surface area contributed by atoms with Crippen LogP contribution in [0.15, 0.2) is 97.1 Å². The van der Waals surface area contributed by atoms with Crippen LogP contribution >= 0.6 is 0 Å². The molecule has 0 bridgehead atoms. The second kappa shape index (κ2) is 52.7. The van der Waals surface area contributed by atoms with E-state index in [9.17, 15) is 38.4 Å². The molecule has 0 atom stereocenters. The Balaban J connectivity index is 0.000000227. The number of fused-ring (bicyclic) bond motifs is 4.